The topological polar surface area (TPSA) is 84.6 Å². The van der Waals surface area contributed by atoms with E-state index in [4.69, 9.17) is 16.3 Å². The van der Waals surface area contributed by atoms with E-state index in [2.05, 4.69) is 35.5 Å². The highest BCUT2D eigenvalue weighted by atomic mass is 35.5. The fourth-order valence-corrected chi connectivity index (χ4v) is 3.74. The van der Waals surface area contributed by atoms with Gasteiger partial charge in [-0.05, 0) is 31.4 Å². The maximum absolute atomic E-state index is 12.1. The zero-order valence-corrected chi connectivity index (χ0v) is 17.3. The fourth-order valence-electron chi connectivity index (χ4n) is 3.50. The molecule has 0 aliphatic rings. The predicted molar refractivity (Wildman–Crippen MR) is 111 cm³/mol. The molecule has 1 aromatic heterocycles. The van der Waals surface area contributed by atoms with Crippen LogP contribution in [0, 0.1) is 0 Å². The Labute approximate surface area is 174 Å². The van der Waals surface area contributed by atoms with Gasteiger partial charge in [-0.2, -0.15) is 0 Å². The van der Waals surface area contributed by atoms with E-state index < -0.39 is 5.97 Å². The van der Waals surface area contributed by atoms with Gasteiger partial charge in [0.15, 0.2) is 0 Å². The van der Waals surface area contributed by atoms with E-state index in [0.29, 0.717) is 12.0 Å². The number of halogens is 1. The van der Waals surface area contributed by atoms with E-state index >= 15 is 0 Å². The molecule has 0 amide bonds. The second-order valence-corrected chi connectivity index (χ2v) is 7.59. The fraction of sp³-hybridized carbons (Fsp3) is 0.273. The van der Waals surface area contributed by atoms with Gasteiger partial charge in [0.25, 0.3) is 0 Å². The number of hydrogen-bond acceptors (Lipinski definition) is 5. The number of benzene rings is 2. The van der Waals surface area contributed by atoms with Crippen LogP contribution in [-0.4, -0.2) is 32.8 Å². The molecule has 0 saturated heterocycles. The molecule has 2 aromatic carbocycles. The van der Waals surface area contributed by atoms with Gasteiger partial charge in [0.2, 0.25) is 0 Å². The van der Waals surface area contributed by atoms with Crippen molar-refractivity contribution >= 4 is 17.6 Å². The number of nitrogens with zero attached hydrogens (tertiary/aromatic N) is 2. The van der Waals surface area contributed by atoms with Crippen LogP contribution in [0.15, 0.2) is 48.8 Å². The third kappa shape index (κ3) is 3.93. The Bertz CT molecular complexity index is 1030. The summed E-state index contributed by atoms with van der Waals surface area (Å²) in [4.78, 5) is 16.6. The van der Waals surface area contributed by atoms with Crippen LogP contribution in [0.3, 0.4) is 0 Å². The molecule has 29 heavy (non-hydrogen) atoms. The van der Waals surface area contributed by atoms with E-state index in [1.54, 1.807) is 6.20 Å². The number of esters is 1. The van der Waals surface area contributed by atoms with E-state index in [1.807, 2.05) is 24.4 Å². The molecule has 2 N–H and O–H groups in total. The van der Waals surface area contributed by atoms with Crippen molar-refractivity contribution in [3.63, 3.8) is 0 Å². The maximum atomic E-state index is 12.1. The molecule has 0 bridgehead atoms. The first-order chi connectivity index (χ1) is 13.8. The van der Waals surface area contributed by atoms with Crippen molar-refractivity contribution < 1.29 is 19.7 Å². The Morgan fingerprint density at radius 2 is 1.86 bits per heavy atom. The number of rotatable bonds is 6. The Morgan fingerprint density at radius 1 is 1.17 bits per heavy atom. The van der Waals surface area contributed by atoms with Gasteiger partial charge >= 0.3 is 5.97 Å². The molecular formula is C22H23ClN2O4. The minimum Gasteiger partial charge on any atom is -0.507 e. The first-order valence-corrected chi connectivity index (χ1v) is 9.55. The molecule has 0 spiro atoms. The SMILES string of the molecule is COC(=O)c1c(O)cc(O)c(Cl)c1CCc1nccn1C(C)(C)c1ccccc1. The van der Waals surface area contributed by atoms with E-state index in [9.17, 15) is 15.0 Å². The molecule has 0 atom stereocenters. The third-order valence-corrected chi connectivity index (χ3v) is 5.53. The molecule has 0 saturated carbocycles. The number of ether oxygens (including phenoxy) is 1. The smallest absolute Gasteiger partial charge is 0.341 e. The molecule has 1 heterocycles. The lowest BCUT2D eigenvalue weighted by atomic mass is 9.93. The number of aromatic hydroxyl groups is 2. The van der Waals surface area contributed by atoms with Gasteiger partial charge in [-0.25, -0.2) is 9.78 Å². The highest BCUT2D eigenvalue weighted by Gasteiger charge is 2.26. The molecule has 0 aliphatic carbocycles. The lowest BCUT2D eigenvalue weighted by molar-refractivity contribution is 0.0596. The number of aromatic nitrogens is 2. The summed E-state index contributed by atoms with van der Waals surface area (Å²) < 4.78 is 6.83. The first-order valence-electron chi connectivity index (χ1n) is 9.17. The van der Waals surface area contributed by atoms with Crippen LogP contribution in [0.4, 0.5) is 0 Å². The van der Waals surface area contributed by atoms with Crippen LogP contribution >= 0.6 is 11.6 Å². The number of aryl methyl sites for hydroxylation is 1. The van der Waals surface area contributed by atoms with Crippen molar-refractivity contribution in [2.24, 2.45) is 0 Å². The minimum atomic E-state index is -0.715. The van der Waals surface area contributed by atoms with Gasteiger partial charge in [0, 0.05) is 24.9 Å². The van der Waals surface area contributed by atoms with E-state index in [1.165, 1.54) is 7.11 Å². The number of phenols is 2. The van der Waals surface area contributed by atoms with Crippen molar-refractivity contribution in [1.29, 1.82) is 0 Å². The molecule has 6 nitrogen and oxygen atoms in total. The molecule has 7 heteroatoms. The number of carbonyl (C=O) groups is 1. The molecule has 3 aromatic rings. The second-order valence-electron chi connectivity index (χ2n) is 7.21. The lowest BCUT2D eigenvalue weighted by Crippen LogP contribution is -2.29. The summed E-state index contributed by atoms with van der Waals surface area (Å²) in [5, 5.41) is 20.1. The highest BCUT2D eigenvalue weighted by molar-refractivity contribution is 6.33. The normalized spacial score (nSPS) is 11.4. The molecular weight excluding hydrogens is 392 g/mol. The first kappa shape index (κ1) is 20.7. The number of phenolic OH excluding ortho intramolecular Hbond substituents is 2. The van der Waals surface area contributed by atoms with Crippen molar-refractivity contribution in [1.82, 2.24) is 9.55 Å². The van der Waals surface area contributed by atoms with Crippen LogP contribution in [0.1, 0.15) is 41.2 Å². The summed E-state index contributed by atoms with van der Waals surface area (Å²) in [6.07, 6.45) is 4.36. The van der Waals surface area contributed by atoms with Crippen LogP contribution in [0.25, 0.3) is 0 Å². The van der Waals surface area contributed by atoms with Crippen molar-refractivity contribution in [3.05, 3.63) is 76.3 Å². The highest BCUT2D eigenvalue weighted by Crippen LogP contribution is 2.37. The Hall–Kier alpha value is -2.99. The molecule has 0 unspecified atom stereocenters. The van der Waals surface area contributed by atoms with Crippen LogP contribution < -0.4 is 0 Å². The standard InChI is InChI=1S/C22H23ClN2O4/c1-22(2,14-7-5-4-6-8-14)25-12-11-24-18(25)10-9-15-19(21(28)29-3)16(26)13-17(27)20(15)23/h4-8,11-13,26-27H,9-10H2,1-3H3. The maximum Gasteiger partial charge on any atom is 0.341 e. The van der Waals surface area contributed by atoms with Crippen LogP contribution in [0.5, 0.6) is 11.5 Å². The third-order valence-electron chi connectivity index (χ3n) is 5.11. The quantitative estimate of drug-likeness (QED) is 0.587. The summed E-state index contributed by atoms with van der Waals surface area (Å²) in [6.45, 7) is 4.20. The van der Waals surface area contributed by atoms with Crippen molar-refractivity contribution in [3.8, 4) is 11.5 Å². The van der Waals surface area contributed by atoms with E-state index in [-0.39, 0.29) is 34.0 Å². The van der Waals surface area contributed by atoms with Gasteiger partial charge in [0.1, 0.15) is 22.9 Å². The Balaban J connectivity index is 1.95. The largest absolute Gasteiger partial charge is 0.507 e. The average Bonchev–Trinajstić information content (AvgIpc) is 3.19. The number of imidazole rings is 1. The Morgan fingerprint density at radius 3 is 2.52 bits per heavy atom. The number of carbonyl (C=O) groups excluding carboxylic acids is 1. The van der Waals surface area contributed by atoms with Gasteiger partial charge in [-0.3, -0.25) is 0 Å². The monoisotopic (exact) mass is 414 g/mol. The predicted octanol–water partition coefficient (Wildman–Crippen LogP) is 4.30. The summed E-state index contributed by atoms with van der Waals surface area (Å²) >= 11 is 6.24. The second kappa shape index (κ2) is 8.17. The average molecular weight is 415 g/mol. The molecule has 0 radical (unpaired) electrons. The van der Waals surface area contributed by atoms with E-state index in [0.717, 1.165) is 17.5 Å². The summed E-state index contributed by atoms with van der Waals surface area (Å²) in [5.74, 6) is -0.595. The summed E-state index contributed by atoms with van der Waals surface area (Å²) in [7, 11) is 1.22. The minimum absolute atomic E-state index is 0.0172. The van der Waals surface area contributed by atoms with Gasteiger partial charge < -0.3 is 19.5 Å². The number of methoxy groups -OCH3 is 1. The zero-order valence-electron chi connectivity index (χ0n) is 16.5. The van der Waals surface area contributed by atoms with Crippen LogP contribution in [0.2, 0.25) is 5.02 Å². The van der Waals surface area contributed by atoms with Gasteiger partial charge in [0.05, 0.1) is 17.7 Å². The zero-order chi connectivity index (χ0) is 21.2. The molecule has 0 aliphatic heterocycles. The molecule has 3 rings (SSSR count). The molecule has 0 fully saturated rings. The summed E-state index contributed by atoms with van der Waals surface area (Å²) in [6, 6.07) is 11.1. The van der Waals surface area contributed by atoms with Crippen molar-refractivity contribution in [2.45, 2.75) is 32.2 Å². The van der Waals surface area contributed by atoms with Gasteiger partial charge in [-0.15, -0.1) is 0 Å². The Kier molecular flexibility index (Phi) is 5.84. The number of hydrogen-bond donors (Lipinski definition) is 2. The summed E-state index contributed by atoms with van der Waals surface area (Å²) in [5.41, 5.74) is 1.06. The molecule has 152 valence electrons. The van der Waals surface area contributed by atoms with Gasteiger partial charge in [-0.1, -0.05) is 41.9 Å². The van der Waals surface area contributed by atoms with Crippen LogP contribution in [-0.2, 0) is 23.1 Å². The lowest BCUT2D eigenvalue weighted by Gasteiger charge is -2.29. The van der Waals surface area contributed by atoms with Crippen molar-refractivity contribution in [2.75, 3.05) is 7.11 Å².